The first-order chi connectivity index (χ1) is 13.3. The third kappa shape index (κ3) is 7.28. The Morgan fingerprint density at radius 1 is 0.852 bits per heavy atom. The second-order valence-electron chi connectivity index (χ2n) is 7.38. The Labute approximate surface area is 166 Å². The molecular weight excluding hydrogens is 330 g/mol. The van der Waals surface area contributed by atoms with Crippen LogP contribution in [-0.2, 0) is 6.42 Å². The van der Waals surface area contributed by atoms with E-state index in [1.54, 1.807) is 0 Å². The van der Waals surface area contributed by atoms with E-state index in [1.165, 1.54) is 49.8 Å². The minimum Gasteiger partial charge on any atom is -0.493 e. The summed E-state index contributed by atoms with van der Waals surface area (Å²) in [5.74, 6) is 0.947. The Balaban J connectivity index is 1.92. The molecule has 2 rings (SSSR count). The molecule has 0 aliphatic heterocycles. The third-order valence-corrected chi connectivity index (χ3v) is 5.28. The van der Waals surface area contributed by atoms with E-state index in [9.17, 15) is 0 Å². The molecule has 0 spiro atoms. The summed E-state index contributed by atoms with van der Waals surface area (Å²) in [6.45, 7) is 8.68. The number of nitrogens with zero attached hydrogens (tertiary/aromatic N) is 1. The van der Waals surface area contributed by atoms with E-state index in [0.29, 0.717) is 12.6 Å². The monoisotopic (exact) mass is 367 g/mol. The molecule has 0 amide bonds. The van der Waals surface area contributed by atoms with Crippen LogP contribution in [0.5, 0.6) is 5.75 Å². The highest BCUT2D eigenvalue weighted by atomic mass is 16.5. The fourth-order valence-corrected chi connectivity index (χ4v) is 3.72. The first-order valence-corrected chi connectivity index (χ1v) is 10.8. The van der Waals surface area contributed by atoms with Gasteiger partial charge in [-0.2, -0.15) is 0 Å². The highest BCUT2D eigenvalue weighted by Gasteiger charge is 2.15. The van der Waals surface area contributed by atoms with Crippen molar-refractivity contribution in [2.45, 2.75) is 71.8 Å². The van der Waals surface area contributed by atoms with Gasteiger partial charge >= 0.3 is 0 Å². The Morgan fingerprint density at radius 2 is 1.56 bits per heavy atom. The molecule has 2 nitrogen and oxygen atoms in total. The van der Waals surface area contributed by atoms with E-state index in [2.05, 4.69) is 49.9 Å². The molecule has 148 valence electrons. The van der Waals surface area contributed by atoms with E-state index in [0.717, 1.165) is 18.7 Å². The zero-order chi connectivity index (χ0) is 19.3. The molecule has 0 saturated heterocycles. The molecule has 2 heteroatoms. The highest BCUT2D eigenvalue weighted by molar-refractivity contribution is 5.54. The van der Waals surface area contributed by atoms with Crippen LogP contribution >= 0.6 is 0 Å². The van der Waals surface area contributed by atoms with Crippen LogP contribution in [0.3, 0.4) is 0 Å². The molecule has 0 aliphatic carbocycles. The van der Waals surface area contributed by atoms with Crippen LogP contribution in [0.1, 0.15) is 64.9 Å². The minimum atomic E-state index is 0.577. The van der Waals surface area contributed by atoms with Gasteiger partial charge in [-0.15, -0.1) is 0 Å². The Bertz CT molecular complexity index is 625. The van der Waals surface area contributed by atoms with E-state index < -0.39 is 0 Å². The van der Waals surface area contributed by atoms with Crippen LogP contribution in [0.15, 0.2) is 54.6 Å². The average Bonchev–Trinajstić information content (AvgIpc) is 2.70. The number of hydrogen-bond acceptors (Lipinski definition) is 2. The predicted molar refractivity (Wildman–Crippen MR) is 118 cm³/mol. The molecule has 2 aromatic carbocycles. The highest BCUT2D eigenvalue weighted by Crippen LogP contribution is 2.25. The van der Waals surface area contributed by atoms with Crippen molar-refractivity contribution in [2.24, 2.45) is 0 Å². The van der Waals surface area contributed by atoms with Crippen LogP contribution in [0.25, 0.3) is 0 Å². The van der Waals surface area contributed by atoms with Crippen LogP contribution < -0.4 is 9.64 Å². The normalized spacial score (nSPS) is 12.0. The molecule has 0 radical (unpaired) electrons. The second kappa shape index (κ2) is 12.4. The van der Waals surface area contributed by atoms with Crippen LogP contribution in [0.2, 0.25) is 0 Å². The van der Waals surface area contributed by atoms with Crippen molar-refractivity contribution in [3.8, 4) is 5.75 Å². The van der Waals surface area contributed by atoms with E-state index in [1.807, 2.05) is 30.3 Å². The molecule has 2 aromatic rings. The summed E-state index contributed by atoms with van der Waals surface area (Å²) in [5, 5.41) is 0. The quantitative estimate of drug-likeness (QED) is 0.358. The second-order valence-corrected chi connectivity index (χ2v) is 7.38. The van der Waals surface area contributed by atoms with Crippen molar-refractivity contribution < 1.29 is 4.74 Å². The molecular formula is C25H37NO. The maximum absolute atomic E-state index is 5.92. The number of unbranched alkanes of at least 4 members (excludes halogenated alkanes) is 4. The number of anilines is 1. The van der Waals surface area contributed by atoms with E-state index >= 15 is 0 Å². The average molecular weight is 368 g/mol. The molecule has 27 heavy (non-hydrogen) atoms. The summed E-state index contributed by atoms with van der Waals surface area (Å²) < 4.78 is 5.92. The Morgan fingerprint density at radius 3 is 2.30 bits per heavy atom. The lowest BCUT2D eigenvalue weighted by atomic mass is 10.0. The van der Waals surface area contributed by atoms with Crippen molar-refractivity contribution in [2.75, 3.05) is 18.1 Å². The molecule has 0 aromatic heterocycles. The van der Waals surface area contributed by atoms with E-state index in [4.69, 9.17) is 4.74 Å². The molecule has 0 N–H and O–H groups in total. The van der Waals surface area contributed by atoms with Gasteiger partial charge < -0.3 is 9.64 Å². The van der Waals surface area contributed by atoms with Gasteiger partial charge in [-0.1, -0.05) is 75.4 Å². The van der Waals surface area contributed by atoms with Gasteiger partial charge in [0.1, 0.15) is 5.75 Å². The Hall–Kier alpha value is -1.96. The summed E-state index contributed by atoms with van der Waals surface area (Å²) >= 11 is 0. The van der Waals surface area contributed by atoms with Crippen molar-refractivity contribution in [1.82, 2.24) is 0 Å². The van der Waals surface area contributed by atoms with Gasteiger partial charge in [-0.3, -0.25) is 0 Å². The summed E-state index contributed by atoms with van der Waals surface area (Å²) in [4.78, 5) is 2.57. The summed E-state index contributed by atoms with van der Waals surface area (Å²) in [7, 11) is 0. The summed E-state index contributed by atoms with van der Waals surface area (Å²) in [6.07, 6.45) is 8.96. The lowest BCUT2D eigenvalue weighted by Crippen LogP contribution is -2.33. The van der Waals surface area contributed by atoms with Crippen molar-refractivity contribution in [1.29, 1.82) is 0 Å². The zero-order valence-corrected chi connectivity index (χ0v) is 17.5. The molecule has 0 fully saturated rings. The molecule has 0 heterocycles. The summed E-state index contributed by atoms with van der Waals surface area (Å²) in [6, 6.07) is 19.5. The first-order valence-electron chi connectivity index (χ1n) is 10.8. The molecule has 0 aliphatic rings. The number of benzene rings is 2. The third-order valence-electron chi connectivity index (χ3n) is 5.28. The van der Waals surface area contributed by atoms with E-state index in [-0.39, 0.29) is 0 Å². The molecule has 0 bridgehead atoms. The summed E-state index contributed by atoms with van der Waals surface area (Å²) in [5.41, 5.74) is 2.76. The predicted octanol–water partition coefficient (Wildman–Crippen LogP) is 6.88. The number of para-hydroxylation sites is 2. The molecule has 1 atom stereocenters. The molecule has 0 saturated carbocycles. The number of rotatable bonds is 13. The SMILES string of the molecule is CCCCCCCC(C)N(CC)c1ccccc1CCOc1ccccc1. The van der Waals surface area contributed by atoms with Gasteiger partial charge in [-0.05, 0) is 44.0 Å². The van der Waals surface area contributed by atoms with Crippen LogP contribution in [0, 0.1) is 0 Å². The lowest BCUT2D eigenvalue weighted by molar-refractivity contribution is 0.322. The van der Waals surface area contributed by atoms with Gasteiger partial charge in [0.05, 0.1) is 6.61 Å². The number of hydrogen-bond donors (Lipinski definition) is 0. The maximum Gasteiger partial charge on any atom is 0.119 e. The maximum atomic E-state index is 5.92. The van der Waals surface area contributed by atoms with Crippen LogP contribution in [-0.4, -0.2) is 19.2 Å². The fraction of sp³-hybridized carbons (Fsp3) is 0.520. The first kappa shape index (κ1) is 21.3. The number of ether oxygens (including phenoxy) is 1. The lowest BCUT2D eigenvalue weighted by Gasteiger charge is -2.32. The largest absolute Gasteiger partial charge is 0.493 e. The van der Waals surface area contributed by atoms with Gasteiger partial charge in [0.15, 0.2) is 0 Å². The van der Waals surface area contributed by atoms with Gasteiger partial charge in [0, 0.05) is 24.7 Å². The smallest absolute Gasteiger partial charge is 0.119 e. The zero-order valence-electron chi connectivity index (χ0n) is 17.5. The van der Waals surface area contributed by atoms with Crippen molar-refractivity contribution in [3.63, 3.8) is 0 Å². The molecule has 1 unspecified atom stereocenters. The minimum absolute atomic E-state index is 0.577. The van der Waals surface area contributed by atoms with Gasteiger partial charge in [0.25, 0.3) is 0 Å². The standard InChI is InChI=1S/C25H37NO/c1-4-6-7-8-10-15-22(3)26(5-2)25-19-14-13-16-23(25)20-21-27-24-17-11-9-12-18-24/h9,11-14,16-19,22H,4-8,10,15,20-21H2,1-3H3. The van der Waals surface area contributed by atoms with Gasteiger partial charge in [0.2, 0.25) is 0 Å². The topological polar surface area (TPSA) is 12.5 Å². The van der Waals surface area contributed by atoms with Crippen molar-refractivity contribution >= 4 is 5.69 Å². The van der Waals surface area contributed by atoms with Crippen LogP contribution in [0.4, 0.5) is 5.69 Å². The Kier molecular flexibility index (Phi) is 9.83. The van der Waals surface area contributed by atoms with Crippen molar-refractivity contribution in [3.05, 3.63) is 60.2 Å². The fourth-order valence-electron chi connectivity index (χ4n) is 3.72. The van der Waals surface area contributed by atoms with Gasteiger partial charge in [-0.25, -0.2) is 0 Å².